The second-order valence-electron chi connectivity index (χ2n) is 5.45. The molecule has 0 heterocycles. The maximum Gasteiger partial charge on any atom is 0.242 e. The molecule has 140 valence electrons. The van der Waals surface area contributed by atoms with Gasteiger partial charge in [0, 0.05) is 11.6 Å². The third kappa shape index (κ3) is 5.69. The van der Waals surface area contributed by atoms with Gasteiger partial charge in [-0.25, -0.2) is 8.42 Å². The molecular weight excluding hydrogens is 399 g/mol. The van der Waals surface area contributed by atoms with Gasteiger partial charge in [0.1, 0.15) is 10.9 Å². The van der Waals surface area contributed by atoms with E-state index in [0.717, 1.165) is 5.56 Å². The van der Waals surface area contributed by atoms with Crippen molar-refractivity contribution in [3.8, 4) is 0 Å². The monoisotopic (exact) mass is 416 g/mol. The van der Waals surface area contributed by atoms with Gasteiger partial charge in [-0.3, -0.25) is 4.79 Å². The molecule has 0 aliphatic rings. The summed E-state index contributed by atoms with van der Waals surface area (Å²) in [6.45, 7) is -0.236. The van der Waals surface area contributed by atoms with Crippen LogP contribution in [0.5, 0.6) is 0 Å². The number of hydrogen-bond acceptors (Lipinski definition) is 4. The van der Waals surface area contributed by atoms with Crippen molar-refractivity contribution in [2.24, 2.45) is 0 Å². The Balaban J connectivity index is 2.29. The lowest BCUT2D eigenvalue weighted by atomic mass is 10.1. The smallest absolute Gasteiger partial charge is 0.242 e. The molecule has 0 fully saturated rings. The predicted octanol–water partition coefficient (Wildman–Crippen LogP) is 1.99. The zero-order valence-corrected chi connectivity index (χ0v) is 16.0. The van der Waals surface area contributed by atoms with Crippen LogP contribution in [-0.2, 0) is 21.2 Å². The Morgan fingerprint density at radius 2 is 1.81 bits per heavy atom. The molecule has 0 aromatic heterocycles. The Kier molecular flexibility index (Phi) is 7.43. The van der Waals surface area contributed by atoms with Crippen LogP contribution in [-0.4, -0.2) is 38.6 Å². The zero-order valence-electron chi connectivity index (χ0n) is 13.7. The highest BCUT2D eigenvalue weighted by molar-refractivity contribution is 7.89. The average molecular weight is 417 g/mol. The van der Waals surface area contributed by atoms with Crippen molar-refractivity contribution >= 4 is 39.1 Å². The van der Waals surface area contributed by atoms with Crippen LogP contribution < -0.4 is 10.0 Å². The molecule has 0 saturated carbocycles. The van der Waals surface area contributed by atoms with Crippen LogP contribution in [0.15, 0.2) is 53.4 Å². The number of nitrogens with one attached hydrogen (secondary N) is 2. The number of rotatable bonds is 8. The van der Waals surface area contributed by atoms with Crippen LogP contribution in [0.3, 0.4) is 0 Å². The molecule has 3 N–H and O–H groups in total. The van der Waals surface area contributed by atoms with Crippen LogP contribution in [0, 0.1) is 0 Å². The molecule has 1 atom stereocenters. The summed E-state index contributed by atoms with van der Waals surface area (Å²) in [7, 11) is -4.09. The van der Waals surface area contributed by atoms with E-state index in [9.17, 15) is 13.2 Å². The molecule has 1 amide bonds. The van der Waals surface area contributed by atoms with Gasteiger partial charge in [-0.2, -0.15) is 4.72 Å². The molecule has 0 saturated heterocycles. The number of halogens is 2. The minimum atomic E-state index is -4.09. The fraction of sp³-hybridized carbons (Fsp3) is 0.235. The standard InChI is InChI=1S/C17H18Cl2N2O4S/c18-13-6-7-14(19)16(11-13)26(24,25)21-15(17(23)20-8-9-22)10-12-4-2-1-3-5-12/h1-7,11,15,21-22H,8-10H2,(H,20,23)/t15-/m1/s1. The first-order valence-corrected chi connectivity index (χ1v) is 9.97. The van der Waals surface area contributed by atoms with Gasteiger partial charge in [0.25, 0.3) is 0 Å². The van der Waals surface area contributed by atoms with E-state index in [4.69, 9.17) is 28.3 Å². The van der Waals surface area contributed by atoms with Gasteiger partial charge in [-0.1, -0.05) is 53.5 Å². The van der Waals surface area contributed by atoms with Gasteiger partial charge in [-0.05, 0) is 30.2 Å². The van der Waals surface area contributed by atoms with Crippen molar-refractivity contribution in [3.05, 3.63) is 64.1 Å². The van der Waals surface area contributed by atoms with Crippen molar-refractivity contribution < 1.29 is 18.3 Å². The molecule has 6 nitrogen and oxygen atoms in total. The Hall–Kier alpha value is -1.64. The maximum atomic E-state index is 12.7. The summed E-state index contributed by atoms with van der Waals surface area (Å²) >= 11 is 11.8. The van der Waals surface area contributed by atoms with E-state index in [1.54, 1.807) is 24.3 Å². The van der Waals surface area contributed by atoms with Crippen LogP contribution in [0.2, 0.25) is 10.0 Å². The van der Waals surface area contributed by atoms with Gasteiger partial charge >= 0.3 is 0 Å². The van der Waals surface area contributed by atoms with E-state index in [1.807, 2.05) is 6.07 Å². The lowest BCUT2D eigenvalue weighted by Crippen LogP contribution is -2.48. The van der Waals surface area contributed by atoms with E-state index in [0.29, 0.717) is 0 Å². The number of aliphatic hydroxyl groups is 1. The third-order valence-corrected chi connectivity index (χ3v) is 5.68. The highest BCUT2D eigenvalue weighted by Crippen LogP contribution is 2.25. The Morgan fingerprint density at radius 3 is 2.46 bits per heavy atom. The van der Waals surface area contributed by atoms with Crippen LogP contribution >= 0.6 is 23.2 Å². The molecule has 9 heteroatoms. The molecule has 2 rings (SSSR count). The highest BCUT2D eigenvalue weighted by Gasteiger charge is 2.27. The summed E-state index contributed by atoms with van der Waals surface area (Å²) in [5.41, 5.74) is 0.775. The minimum Gasteiger partial charge on any atom is -0.395 e. The van der Waals surface area contributed by atoms with Crippen LogP contribution in [0.1, 0.15) is 5.56 Å². The number of carbonyl (C=O) groups excluding carboxylic acids is 1. The molecule has 2 aromatic rings. The summed E-state index contributed by atoms with van der Waals surface area (Å²) in [4.78, 5) is 12.2. The van der Waals surface area contributed by atoms with Crippen molar-refractivity contribution in [1.82, 2.24) is 10.0 Å². The number of aliphatic hydroxyl groups excluding tert-OH is 1. The van der Waals surface area contributed by atoms with E-state index < -0.39 is 22.0 Å². The van der Waals surface area contributed by atoms with Crippen LogP contribution in [0.25, 0.3) is 0 Å². The molecule has 0 unspecified atom stereocenters. The summed E-state index contributed by atoms with van der Waals surface area (Å²) in [6.07, 6.45) is 0.134. The fourth-order valence-electron chi connectivity index (χ4n) is 2.27. The Morgan fingerprint density at radius 1 is 1.12 bits per heavy atom. The number of carbonyl (C=O) groups is 1. The first-order valence-electron chi connectivity index (χ1n) is 7.73. The Labute approximate surface area is 162 Å². The normalized spacial score (nSPS) is 12.6. The predicted molar refractivity (Wildman–Crippen MR) is 101 cm³/mol. The second-order valence-corrected chi connectivity index (χ2v) is 7.98. The highest BCUT2D eigenvalue weighted by atomic mass is 35.5. The molecule has 26 heavy (non-hydrogen) atoms. The first-order chi connectivity index (χ1) is 12.3. The van der Waals surface area contributed by atoms with Crippen molar-refractivity contribution in [2.45, 2.75) is 17.4 Å². The largest absolute Gasteiger partial charge is 0.395 e. The van der Waals surface area contributed by atoms with Crippen molar-refractivity contribution in [2.75, 3.05) is 13.2 Å². The zero-order chi connectivity index (χ0) is 19.2. The summed E-state index contributed by atoms with van der Waals surface area (Å²) in [6, 6.07) is 12.0. The second kappa shape index (κ2) is 9.34. The Bertz CT molecular complexity index is 860. The minimum absolute atomic E-state index is 0.00359. The first kappa shape index (κ1) is 20.7. The SMILES string of the molecule is O=C(NCCO)[C@@H](Cc1ccccc1)NS(=O)(=O)c1cc(Cl)ccc1Cl. The third-order valence-electron chi connectivity index (χ3n) is 3.49. The average Bonchev–Trinajstić information content (AvgIpc) is 2.61. The van der Waals surface area contributed by atoms with E-state index in [1.165, 1.54) is 18.2 Å². The molecule has 0 spiro atoms. The number of hydrogen-bond donors (Lipinski definition) is 3. The van der Waals surface area contributed by atoms with Crippen molar-refractivity contribution in [1.29, 1.82) is 0 Å². The van der Waals surface area contributed by atoms with Gasteiger partial charge < -0.3 is 10.4 Å². The van der Waals surface area contributed by atoms with E-state index in [-0.39, 0.29) is 34.5 Å². The molecule has 2 aromatic carbocycles. The van der Waals surface area contributed by atoms with Gasteiger partial charge in [0.05, 0.1) is 11.6 Å². The molecular formula is C17H18Cl2N2O4S. The van der Waals surface area contributed by atoms with Crippen molar-refractivity contribution in [3.63, 3.8) is 0 Å². The number of sulfonamides is 1. The molecule has 0 radical (unpaired) electrons. The van der Waals surface area contributed by atoms with Gasteiger partial charge in [-0.15, -0.1) is 0 Å². The van der Waals surface area contributed by atoms with E-state index in [2.05, 4.69) is 10.0 Å². The topological polar surface area (TPSA) is 95.5 Å². The van der Waals surface area contributed by atoms with Gasteiger partial charge in [0.15, 0.2) is 0 Å². The summed E-state index contributed by atoms with van der Waals surface area (Å²) in [5, 5.41) is 11.6. The number of benzene rings is 2. The lowest BCUT2D eigenvalue weighted by Gasteiger charge is -2.19. The maximum absolute atomic E-state index is 12.7. The number of amides is 1. The fourth-order valence-corrected chi connectivity index (χ4v) is 4.23. The van der Waals surface area contributed by atoms with E-state index >= 15 is 0 Å². The lowest BCUT2D eigenvalue weighted by molar-refractivity contribution is -0.122. The summed E-state index contributed by atoms with van der Waals surface area (Å²) < 4.78 is 27.8. The van der Waals surface area contributed by atoms with Crippen LogP contribution in [0.4, 0.5) is 0 Å². The summed E-state index contributed by atoms with van der Waals surface area (Å²) in [5.74, 6) is -0.551. The molecule has 0 aliphatic carbocycles. The van der Waals surface area contributed by atoms with Gasteiger partial charge in [0.2, 0.25) is 15.9 Å². The molecule has 0 bridgehead atoms. The quantitative estimate of drug-likeness (QED) is 0.612. The molecule has 0 aliphatic heterocycles.